The molecule has 1 atom stereocenters. The van der Waals surface area contributed by atoms with E-state index in [9.17, 15) is 4.79 Å². The zero-order valence-electron chi connectivity index (χ0n) is 15.0. The molecule has 3 nitrogen and oxygen atoms in total. The van der Waals surface area contributed by atoms with E-state index >= 15 is 0 Å². The molecule has 130 valence electrons. The van der Waals surface area contributed by atoms with E-state index in [1.807, 2.05) is 0 Å². The molecule has 1 N–H and O–H groups in total. The summed E-state index contributed by atoms with van der Waals surface area (Å²) in [5, 5.41) is 5.73. The highest BCUT2D eigenvalue weighted by atomic mass is 32.1. The molecule has 0 spiro atoms. The van der Waals surface area contributed by atoms with Crippen LogP contribution < -0.4 is 10.2 Å². The molecule has 0 unspecified atom stereocenters. The maximum absolute atomic E-state index is 13.2. The number of fused-ring (bicyclic) bond motifs is 1. The SMILES string of the molecule is CCN1c2ccccc2NC2=C(C(=O)CC(C)(C)C2)[C@@H]1c1cccs1. The molecule has 4 heteroatoms. The van der Waals surface area contributed by atoms with Crippen LogP contribution in [-0.4, -0.2) is 12.3 Å². The zero-order chi connectivity index (χ0) is 17.6. The lowest BCUT2D eigenvalue weighted by atomic mass is 9.74. The number of rotatable bonds is 2. The molecule has 0 saturated heterocycles. The Morgan fingerprint density at radius 2 is 2.00 bits per heavy atom. The van der Waals surface area contributed by atoms with Crippen molar-refractivity contribution >= 4 is 28.5 Å². The van der Waals surface area contributed by atoms with Gasteiger partial charge in [-0.2, -0.15) is 0 Å². The van der Waals surface area contributed by atoms with Gasteiger partial charge in [-0.25, -0.2) is 0 Å². The molecule has 25 heavy (non-hydrogen) atoms. The summed E-state index contributed by atoms with van der Waals surface area (Å²) in [5.74, 6) is 0.281. The maximum Gasteiger partial charge on any atom is 0.163 e. The maximum atomic E-state index is 13.2. The predicted octanol–water partition coefficient (Wildman–Crippen LogP) is 5.38. The van der Waals surface area contributed by atoms with Gasteiger partial charge in [0.25, 0.3) is 0 Å². The van der Waals surface area contributed by atoms with E-state index in [1.165, 1.54) is 10.6 Å². The van der Waals surface area contributed by atoms with Gasteiger partial charge in [-0.15, -0.1) is 11.3 Å². The summed E-state index contributed by atoms with van der Waals surface area (Å²) in [4.78, 5) is 16.8. The number of hydrogen-bond donors (Lipinski definition) is 1. The van der Waals surface area contributed by atoms with E-state index in [1.54, 1.807) is 11.3 Å². The Morgan fingerprint density at radius 3 is 2.72 bits per heavy atom. The highest BCUT2D eigenvalue weighted by molar-refractivity contribution is 7.10. The Hall–Kier alpha value is -2.07. The fourth-order valence-electron chi connectivity index (χ4n) is 4.15. The lowest BCUT2D eigenvalue weighted by Crippen LogP contribution is -2.35. The minimum atomic E-state index is -0.000749. The summed E-state index contributed by atoms with van der Waals surface area (Å²) in [7, 11) is 0. The van der Waals surface area contributed by atoms with Crippen molar-refractivity contribution < 1.29 is 4.79 Å². The number of thiophene rings is 1. The molecule has 1 aromatic carbocycles. The fourth-order valence-corrected chi connectivity index (χ4v) is 4.99. The van der Waals surface area contributed by atoms with Crippen molar-refractivity contribution in [2.45, 2.75) is 39.7 Å². The molecule has 1 aromatic heterocycles. The number of anilines is 2. The lowest BCUT2D eigenvalue weighted by Gasteiger charge is -2.37. The fraction of sp³-hybridized carbons (Fsp3) is 0.381. The first-order valence-electron chi connectivity index (χ1n) is 8.92. The Morgan fingerprint density at radius 1 is 1.20 bits per heavy atom. The van der Waals surface area contributed by atoms with Crippen molar-refractivity contribution in [1.82, 2.24) is 0 Å². The van der Waals surface area contributed by atoms with Crippen LogP contribution in [0.4, 0.5) is 11.4 Å². The number of nitrogens with one attached hydrogen (secondary N) is 1. The average molecular weight is 353 g/mol. The van der Waals surface area contributed by atoms with Crippen LogP contribution >= 0.6 is 11.3 Å². The third-order valence-corrected chi connectivity index (χ3v) is 6.08. The van der Waals surface area contributed by atoms with E-state index in [4.69, 9.17) is 0 Å². The zero-order valence-corrected chi connectivity index (χ0v) is 15.8. The van der Waals surface area contributed by atoms with Gasteiger partial charge in [0.2, 0.25) is 0 Å². The molecular weight excluding hydrogens is 328 g/mol. The standard InChI is InChI=1S/C21H24N2OS/c1-4-23-16-9-6-5-8-14(16)22-15-12-21(2,3)13-17(24)19(15)20(23)18-10-7-11-25-18/h5-11,20,22H,4,12-13H2,1-3H3/t20-/m0/s1. The molecule has 0 fully saturated rings. The monoisotopic (exact) mass is 352 g/mol. The molecule has 2 heterocycles. The Labute approximate surface area is 153 Å². The second-order valence-corrected chi connectivity index (χ2v) is 8.66. The summed E-state index contributed by atoms with van der Waals surface area (Å²) < 4.78 is 0. The number of allylic oxidation sites excluding steroid dienone is 1. The van der Waals surface area contributed by atoms with Gasteiger partial charge in [-0.3, -0.25) is 4.79 Å². The van der Waals surface area contributed by atoms with Crippen LogP contribution in [0.3, 0.4) is 0 Å². The topological polar surface area (TPSA) is 32.3 Å². The number of Topliss-reactive ketones (excluding diaryl/α,β-unsaturated/α-hetero) is 1. The van der Waals surface area contributed by atoms with Crippen LogP contribution in [0.2, 0.25) is 0 Å². The Bertz CT molecular complexity index is 835. The minimum Gasteiger partial charge on any atom is -0.358 e. The predicted molar refractivity (Wildman–Crippen MR) is 105 cm³/mol. The Balaban J connectivity index is 1.96. The number of carbonyl (C=O) groups is 1. The van der Waals surface area contributed by atoms with Gasteiger partial charge in [0, 0.05) is 29.1 Å². The van der Waals surface area contributed by atoms with Crippen molar-refractivity contribution in [3.63, 3.8) is 0 Å². The van der Waals surface area contributed by atoms with E-state index in [2.05, 4.69) is 72.8 Å². The highest BCUT2D eigenvalue weighted by Gasteiger charge is 2.41. The molecule has 0 radical (unpaired) electrons. The van der Waals surface area contributed by atoms with Crippen molar-refractivity contribution in [3.05, 3.63) is 57.9 Å². The summed E-state index contributed by atoms with van der Waals surface area (Å²) in [6.07, 6.45) is 1.52. The number of hydrogen-bond acceptors (Lipinski definition) is 4. The number of benzene rings is 1. The highest BCUT2D eigenvalue weighted by Crippen LogP contribution is 2.48. The molecule has 2 aliphatic rings. The molecule has 1 aliphatic carbocycles. The van der Waals surface area contributed by atoms with Gasteiger partial charge >= 0.3 is 0 Å². The van der Waals surface area contributed by atoms with Crippen molar-refractivity contribution in [2.24, 2.45) is 5.41 Å². The molecule has 0 saturated carbocycles. The third-order valence-electron chi connectivity index (χ3n) is 5.16. The van der Waals surface area contributed by atoms with Crippen molar-refractivity contribution in [2.75, 3.05) is 16.8 Å². The third kappa shape index (κ3) is 2.78. The summed E-state index contributed by atoms with van der Waals surface area (Å²) in [6.45, 7) is 7.39. The second kappa shape index (κ2) is 6.03. The largest absolute Gasteiger partial charge is 0.358 e. The Kier molecular flexibility index (Phi) is 3.95. The van der Waals surface area contributed by atoms with Gasteiger partial charge in [-0.1, -0.05) is 32.0 Å². The normalized spacial score (nSPS) is 22.1. The summed E-state index contributed by atoms with van der Waals surface area (Å²) in [6, 6.07) is 12.6. The number of nitrogens with zero attached hydrogens (tertiary/aromatic N) is 1. The minimum absolute atomic E-state index is 0.000231. The van der Waals surface area contributed by atoms with E-state index < -0.39 is 0 Å². The van der Waals surface area contributed by atoms with Gasteiger partial charge in [0.15, 0.2) is 5.78 Å². The summed E-state index contributed by atoms with van der Waals surface area (Å²) in [5.41, 5.74) is 4.33. The number of likely N-dealkylation sites (N-methyl/N-ethyl adjacent to an activating group) is 1. The molecule has 1 aliphatic heterocycles. The smallest absolute Gasteiger partial charge is 0.163 e. The molecule has 0 amide bonds. The number of carbonyl (C=O) groups excluding carboxylic acids is 1. The van der Waals surface area contributed by atoms with Gasteiger partial charge in [-0.05, 0) is 42.3 Å². The van der Waals surface area contributed by atoms with Crippen molar-refractivity contribution in [1.29, 1.82) is 0 Å². The average Bonchev–Trinajstić information content (AvgIpc) is 3.03. The van der Waals surface area contributed by atoms with Crippen LogP contribution in [0.15, 0.2) is 53.0 Å². The second-order valence-electron chi connectivity index (χ2n) is 7.68. The van der Waals surface area contributed by atoms with Crippen LogP contribution in [0.25, 0.3) is 0 Å². The van der Waals surface area contributed by atoms with Crippen LogP contribution in [0.1, 0.15) is 44.5 Å². The van der Waals surface area contributed by atoms with Gasteiger partial charge in [0.1, 0.15) is 0 Å². The van der Waals surface area contributed by atoms with Crippen LogP contribution in [0, 0.1) is 5.41 Å². The molecule has 2 aromatic rings. The van der Waals surface area contributed by atoms with Crippen molar-refractivity contribution in [3.8, 4) is 0 Å². The number of para-hydroxylation sites is 2. The first-order chi connectivity index (χ1) is 12.0. The van der Waals surface area contributed by atoms with Crippen LogP contribution in [-0.2, 0) is 4.79 Å². The molecule has 0 bridgehead atoms. The van der Waals surface area contributed by atoms with Crippen LogP contribution in [0.5, 0.6) is 0 Å². The first-order valence-corrected chi connectivity index (χ1v) is 9.80. The van der Waals surface area contributed by atoms with Gasteiger partial charge in [0.05, 0.1) is 17.4 Å². The number of ketones is 1. The van der Waals surface area contributed by atoms with Gasteiger partial charge < -0.3 is 10.2 Å². The van der Waals surface area contributed by atoms with E-state index in [-0.39, 0.29) is 17.2 Å². The lowest BCUT2D eigenvalue weighted by molar-refractivity contribution is -0.118. The first kappa shape index (κ1) is 16.4. The van der Waals surface area contributed by atoms with E-state index in [0.29, 0.717) is 6.42 Å². The molecule has 4 rings (SSSR count). The summed E-state index contributed by atoms with van der Waals surface area (Å²) >= 11 is 1.73. The van der Waals surface area contributed by atoms with E-state index in [0.717, 1.165) is 29.9 Å². The molecular formula is C21H24N2OS. The quantitative estimate of drug-likeness (QED) is 0.787.